The van der Waals surface area contributed by atoms with Gasteiger partial charge in [0.25, 0.3) is 5.91 Å². The molecule has 2 N–H and O–H groups in total. The van der Waals surface area contributed by atoms with Crippen molar-refractivity contribution in [1.82, 2.24) is 0 Å². The van der Waals surface area contributed by atoms with Crippen molar-refractivity contribution in [2.45, 2.75) is 19.3 Å². The number of hydrogen-bond donors (Lipinski definition) is 2. The van der Waals surface area contributed by atoms with Gasteiger partial charge in [0, 0.05) is 5.69 Å². The molecule has 2 rings (SSSR count). The lowest BCUT2D eigenvalue weighted by Crippen LogP contribution is -3.13. The van der Waals surface area contributed by atoms with Crippen LogP contribution < -0.4 is 10.2 Å². The highest BCUT2D eigenvalue weighted by molar-refractivity contribution is 5.91. The Hall–Kier alpha value is -1.42. The molecule has 0 aliphatic carbocycles. The van der Waals surface area contributed by atoms with Crippen molar-refractivity contribution in [3.63, 3.8) is 0 Å². The predicted octanol–water partition coefficient (Wildman–Crippen LogP) is 0.833. The van der Waals surface area contributed by atoms with Crippen molar-refractivity contribution in [2.24, 2.45) is 0 Å². The predicted molar refractivity (Wildman–Crippen MR) is 64.4 cm³/mol. The highest BCUT2D eigenvalue weighted by Gasteiger charge is 2.17. The second-order valence-corrected chi connectivity index (χ2v) is 4.54. The van der Waals surface area contributed by atoms with Crippen LogP contribution in [0.4, 0.5) is 10.1 Å². The van der Waals surface area contributed by atoms with Gasteiger partial charge < -0.3 is 10.2 Å². The monoisotopic (exact) mass is 237 g/mol. The van der Waals surface area contributed by atoms with Crippen LogP contribution in [0.3, 0.4) is 0 Å². The molecule has 92 valence electrons. The van der Waals surface area contributed by atoms with E-state index in [1.165, 1.54) is 36.3 Å². The van der Waals surface area contributed by atoms with Crippen molar-refractivity contribution in [3.05, 3.63) is 30.1 Å². The van der Waals surface area contributed by atoms with E-state index < -0.39 is 0 Å². The van der Waals surface area contributed by atoms with Crippen molar-refractivity contribution in [3.8, 4) is 0 Å². The number of halogens is 1. The van der Waals surface area contributed by atoms with E-state index in [-0.39, 0.29) is 11.7 Å². The third kappa shape index (κ3) is 3.82. The summed E-state index contributed by atoms with van der Waals surface area (Å²) in [6.07, 6.45) is 3.70. The van der Waals surface area contributed by atoms with Crippen LogP contribution in [-0.2, 0) is 4.79 Å². The fraction of sp³-hybridized carbons (Fsp3) is 0.462. The molecule has 0 unspecified atom stereocenters. The molecule has 4 heteroatoms. The summed E-state index contributed by atoms with van der Waals surface area (Å²) >= 11 is 0. The standard InChI is InChI=1S/C13H17FN2O/c14-11-4-6-12(7-5-11)15-13(17)10-16-8-2-1-3-9-16/h4-7H,1-3,8-10H2,(H,15,17)/p+1. The molecule has 0 aromatic heterocycles. The van der Waals surface area contributed by atoms with Crippen molar-refractivity contribution < 1.29 is 14.1 Å². The number of piperidine rings is 1. The molecule has 0 bridgehead atoms. The molecule has 1 aromatic rings. The Morgan fingerprint density at radius 2 is 1.82 bits per heavy atom. The first-order valence-electron chi connectivity index (χ1n) is 6.13. The van der Waals surface area contributed by atoms with E-state index in [0.717, 1.165) is 13.1 Å². The average molecular weight is 237 g/mol. The summed E-state index contributed by atoms with van der Waals surface area (Å²) < 4.78 is 12.7. The summed E-state index contributed by atoms with van der Waals surface area (Å²) in [6, 6.07) is 5.87. The normalized spacial score (nSPS) is 16.8. The summed E-state index contributed by atoms with van der Waals surface area (Å²) in [5, 5.41) is 2.79. The topological polar surface area (TPSA) is 33.5 Å². The maximum atomic E-state index is 12.7. The lowest BCUT2D eigenvalue weighted by atomic mass is 10.1. The van der Waals surface area contributed by atoms with Crippen LogP contribution >= 0.6 is 0 Å². The maximum absolute atomic E-state index is 12.7. The first kappa shape index (κ1) is 12.0. The van der Waals surface area contributed by atoms with E-state index >= 15 is 0 Å². The number of carbonyl (C=O) groups is 1. The number of likely N-dealkylation sites (tertiary alicyclic amines) is 1. The summed E-state index contributed by atoms with van der Waals surface area (Å²) in [7, 11) is 0. The number of benzene rings is 1. The second kappa shape index (κ2) is 5.77. The molecule has 1 aliphatic heterocycles. The Labute approximate surface area is 101 Å². The minimum atomic E-state index is -0.287. The number of carbonyl (C=O) groups excluding carboxylic acids is 1. The van der Waals surface area contributed by atoms with Crippen LogP contribution in [0.5, 0.6) is 0 Å². The fourth-order valence-corrected chi connectivity index (χ4v) is 2.19. The van der Waals surface area contributed by atoms with Crippen LogP contribution in [0, 0.1) is 5.82 Å². The van der Waals surface area contributed by atoms with Gasteiger partial charge in [-0.3, -0.25) is 4.79 Å². The van der Waals surface area contributed by atoms with Gasteiger partial charge in [0.2, 0.25) is 0 Å². The SMILES string of the molecule is O=C(C[NH+]1CCCCC1)Nc1ccc(F)cc1. The third-order valence-electron chi connectivity index (χ3n) is 3.10. The fourth-order valence-electron chi connectivity index (χ4n) is 2.19. The molecule has 0 spiro atoms. The Morgan fingerprint density at radius 3 is 2.47 bits per heavy atom. The Morgan fingerprint density at radius 1 is 1.18 bits per heavy atom. The number of amides is 1. The average Bonchev–Trinajstić information content (AvgIpc) is 2.33. The van der Waals surface area contributed by atoms with E-state index in [9.17, 15) is 9.18 Å². The largest absolute Gasteiger partial charge is 0.327 e. The third-order valence-corrected chi connectivity index (χ3v) is 3.10. The van der Waals surface area contributed by atoms with Gasteiger partial charge in [-0.25, -0.2) is 4.39 Å². The number of nitrogens with one attached hydrogen (secondary N) is 2. The van der Waals surface area contributed by atoms with Crippen molar-refractivity contribution in [2.75, 3.05) is 25.0 Å². The van der Waals surface area contributed by atoms with Gasteiger partial charge in [0.15, 0.2) is 6.54 Å². The molecule has 1 fully saturated rings. The first-order chi connectivity index (χ1) is 8.24. The Balaban J connectivity index is 1.82. The molecular formula is C13H18FN2O+. The summed E-state index contributed by atoms with van der Waals surface area (Å²) in [4.78, 5) is 13.1. The quantitative estimate of drug-likeness (QED) is 0.802. The van der Waals surface area contributed by atoms with E-state index in [1.54, 1.807) is 12.1 Å². The molecule has 0 saturated carbocycles. The molecule has 1 heterocycles. The zero-order valence-electron chi connectivity index (χ0n) is 9.84. The molecule has 17 heavy (non-hydrogen) atoms. The summed E-state index contributed by atoms with van der Waals surface area (Å²) in [5.74, 6) is -0.279. The smallest absolute Gasteiger partial charge is 0.279 e. The van der Waals surface area contributed by atoms with Gasteiger partial charge in [-0.1, -0.05) is 0 Å². The van der Waals surface area contributed by atoms with Crippen LogP contribution in [-0.4, -0.2) is 25.5 Å². The molecular weight excluding hydrogens is 219 g/mol. The van der Waals surface area contributed by atoms with Crippen LogP contribution in [0.15, 0.2) is 24.3 Å². The highest BCUT2D eigenvalue weighted by atomic mass is 19.1. The second-order valence-electron chi connectivity index (χ2n) is 4.54. The van der Waals surface area contributed by atoms with E-state index in [2.05, 4.69) is 5.32 Å². The zero-order valence-corrected chi connectivity index (χ0v) is 9.84. The van der Waals surface area contributed by atoms with Crippen LogP contribution in [0.1, 0.15) is 19.3 Å². The number of quaternary nitrogens is 1. The molecule has 1 amide bonds. The van der Waals surface area contributed by atoms with Crippen LogP contribution in [0.2, 0.25) is 0 Å². The molecule has 1 saturated heterocycles. The lowest BCUT2D eigenvalue weighted by molar-refractivity contribution is -0.896. The van der Waals surface area contributed by atoms with Crippen molar-refractivity contribution >= 4 is 11.6 Å². The Bertz CT molecular complexity index is 372. The summed E-state index contributed by atoms with van der Waals surface area (Å²) in [6.45, 7) is 2.67. The molecule has 1 aliphatic rings. The van der Waals surface area contributed by atoms with E-state index in [4.69, 9.17) is 0 Å². The van der Waals surface area contributed by atoms with Gasteiger partial charge >= 0.3 is 0 Å². The van der Waals surface area contributed by atoms with Crippen molar-refractivity contribution in [1.29, 1.82) is 0 Å². The number of anilines is 1. The van der Waals surface area contributed by atoms with E-state index in [0.29, 0.717) is 12.2 Å². The van der Waals surface area contributed by atoms with Gasteiger partial charge in [0.05, 0.1) is 13.1 Å². The maximum Gasteiger partial charge on any atom is 0.279 e. The number of rotatable bonds is 3. The van der Waals surface area contributed by atoms with Gasteiger partial charge in [-0.15, -0.1) is 0 Å². The van der Waals surface area contributed by atoms with Crippen LogP contribution in [0.25, 0.3) is 0 Å². The minimum Gasteiger partial charge on any atom is -0.327 e. The molecule has 1 aromatic carbocycles. The molecule has 0 radical (unpaired) electrons. The van der Waals surface area contributed by atoms with Gasteiger partial charge in [0.1, 0.15) is 5.82 Å². The van der Waals surface area contributed by atoms with Gasteiger partial charge in [-0.05, 0) is 43.5 Å². The molecule has 0 atom stereocenters. The lowest BCUT2D eigenvalue weighted by Gasteiger charge is -2.22. The zero-order chi connectivity index (χ0) is 12.1. The Kier molecular flexibility index (Phi) is 4.09. The first-order valence-corrected chi connectivity index (χ1v) is 6.13. The minimum absolute atomic E-state index is 0.00788. The highest BCUT2D eigenvalue weighted by Crippen LogP contribution is 2.07. The summed E-state index contributed by atoms with van der Waals surface area (Å²) in [5.41, 5.74) is 0.660. The van der Waals surface area contributed by atoms with Gasteiger partial charge in [-0.2, -0.15) is 0 Å². The molecule has 3 nitrogen and oxygen atoms in total. The number of hydrogen-bond acceptors (Lipinski definition) is 1. The van der Waals surface area contributed by atoms with E-state index in [1.807, 2.05) is 0 Å².